The Kier molecular flexibility index (Phi) is 5.66. The van der Waals surface area contributed by atoms with Crippen molar-refractivity contribution in [3.05, 3.63) is 81.4 Å². The van der Waals surface area contributed by atoms with Crippen LogP contribution < -0.4 is 15.2 Å². The topological polar surface area (TPSA) is 44.5 Å². The van der Waals surface area contributed by atoms with Crippen LogP contribution in [0.5, 0.6) is 11.5 Å². The van der Waals surface area contributed by atoms with Crippen molar-refractivity contribution in [2.24, 2.45) is 5.73 Å². The summed E-state index contributed by atoms with van der Waals surface area (Å²) >= 11 is 0. The van der Waals surface area contributed by atoms with Crippen molar-refractivity contribution >= 4 is 0 Å². The molecule has 0 aliphatic heterocycles. The van der Waals surface area contributed by atoms with Crippen molar-refractivity contribution in [1.82, 2.24) is 0 Å². The molecule has 2 aromatic rings. The molecule has 0 spiro atoms. The van der Waals surface area contributed by atoms with Crippen LogP contribution in [-0.4, -0.2) is 12.3 Å². The summed E-state index contributed by atoms with van der Waals surface area (Å²) in [6.07, 6.45) is 6.74. The Balaban J connectivity index is 2.04. The summed E-state index contributed by atoms with van der Waals surface area (Å²) < 4.78 is 13.2. The molecular weight excluding hydrogens is 346 g/mol. The van der Waals surface area contributed by atoms with Crippen LogP contribution in [-0.2, 0) is 0 Å². The molecule has 2 aromatic carbocycles. The monoisotopic (exact) mass is 377 g/mol. The van der Waals surface area contributed by atoms with E-state index in [1.807, 2.05) is 12.2 Å². The second-order valence-electron chi connectivity index (χ2n) is 7.99. The van der Waals surface area contributed by atoms with Crippen LogP contribution in [0.15, 0.2) is 48.1 Å². The number of hydrogen-bond donors (Lipinski definition) is 1. The van der Waals surface area contributed by atoms with Gasteiger partial charge in [-0.1, -0.05) is 47.5 Å². The molecule has 2 N–H and O–H groups in total. The molecule has 0 radical (unpaired) electrons. The average Bonchev–Trinajstić information content (AvgIpc) is 2.62. The van der Waals surface area contributed by atoms with Gasteiger partial charge in [0, 0.05) is 19.0 Å². The maximum atomic E-state index is 6.60. The zero-order chi connectivity index (χ0) is 20.5. The highest BCUT2D eigenvalue weighted by Gasteiger charge is 2.35. The molecule has 0 unspecified atom stereocenters. The first-order valence-corrected chi connectivity index (χ1v) is 9.85. The van der Waals surface area contributed by atoms with Crippen LogP contribution in [0.4, 0.5) is 0 Å². The zero-order valence-corrected chi connectivity index (χ0v) is 17.8. The minimum Gasteiger partial charge on any atom is -0.448 e. The Bertz CT molecular complexity index is 848. The maximum Gasteiger partial charge on any atom is 0.274 e. The van der Waals surface area contributed by atoms with Crippen LogP contribution in [0.25, 0.3) is 0 Å². The number of rotatable bonds is 5. The molecule has 3 heteroatoms. The fraction of sp³-hybridized carbons (Fsp3) is 0.360. The highest BCUT2D eigenvalue weighted by molar-refractivity contribution is 5.46. The number of aryl methyl sites for hydroxylation is 6. The van der Waals surface area contributed by atoms with Crippen LogP contribution in [0.1, 0.15) is 39.8 Å². The predicted molar refractivity (Wildman–Crippen MR) is 116 cm³/mol. The molecule has 0 heterocycles. The van der Waals surface area contributed by atoms with E-state index in [0.717, 1.165) is 39.3 Å². The standard InChI is InChI=1S/C25H31NO2/c1-16-11-18(3)23(19(4)12-16)27-25(9-7-22(15-26)8-10-25)28-24-20(5)13-17(2)14-21(24)6/h7-9,11-14H,10,15,26H2,1-6H3. The van der Waals surface area contributed by atoms with Crippen LogP contribution >= 0.6 is 0 Å². The number of hydrogen-bond acceptors (Lipinski definition) is 3. The third-order valence-corrected chi connectivity index (χ3v) is 5.19. The summed E-state index contributed by atoms with van der Waals surface area (Å²) in [5.74, 6) is 0.860. The number of nitrogens with two attached hydrogens (primary N) is 1. The molecule has 0 saturated heterocycles. The van der Waals surface area contributed by atoms with Crippen molar-refractivity contribution in [2.75, 3.05) is 6.54 Å². The number of ether oxygens (including phenoxy) is 2. The summed E-state index contributed by atoms with van der Waals surface area (Å²) in [5, 5.41) is 0. The largest absolute Gasteiger partial charge is 0.448 e. The van der Waals surface area contributed by atoms with Gasteiger partial charge in [-0.3, -0.25) is 0 Å². The van der Waals surface area contributed by atoms with Crippen molar-refractivity contribution in [3.63, 3.8) is 0 Å². The van der Waals surface area contributed by atoms with E-state index in [9.17, 15) is 0 Å². The molecule has 0 aromatic heterocycles. The van der Waals surface area contributed by atoms with Crippen LogP contribution in [0, 0.1) is 41.5 Å². The lowest BCUT2D eigenvalue weighted by Crippen LogP contribution is -2.42. The molecule has 1 aliphatic rings. The molecule has 0 saturated carbocycles. The van der Waals surface area contributed by atoms with Crippen molar-refractivity contribution < 1.29 is 9.47 Å². The Morgan fingerprint density at radius 1 is 0.786 bits per heavy atom. The molecule has 0 bridgehead atoms. The van der Waals surface area contributed by atoms with Gasteiger partial charge in [0.05, 0.1) is 0 Å². The van der Waals surface area contributed by atoms with E-state index >= 15 is 0 Å². The molecule has 148 valence electrons. The van der Waals surface area contributed by atoms with E-state index < -0.39 is 5.79 Å². The molecule has 0 atom stereocenters. The summed E-state index contributed by atoms with van der Waals surface area (Å²) in [5.41, 5.74) is 13.8. The normalized spacial score (nSPS) is 15.3. The van der Waals surface area contributed by atoms with Gasteiger partial charge in [0.25, 0.3) is 5.79 Å². The van der Waals surface area contributed by atoms with E-state index in [2.05, 4.69) is 71.9 Å². The van der Waals surface area contributed by atoms with Crippen LogP contribution in [0.3, 0.4) is 0 Å². The first-order chi connectivity index (χ1) is 13.2. The van der Waals surface area contributed by atoms with E-state index in [1.54, 1.807) is 0 Å². The van der Waals surface area contributed by atoms with Gasteiger partial charge < -0.3 is 15.2 Å². The van der Waals surface area contributed by atoms with Gasteiger partial charge in [0.1, 0.15) is 11.5 Å². The smallest absolute Gasteiger partial charge is 0.274 e. The van der Waals surface area contributed by atoms with E-state index in [0.29, 0.717) is 13.0 Å². The average molecular weight is 378 g/mol. The van der Waals surface area contributed by atoms with E-state index in [4.69, 9.17) is 15.2 Å². The van der Waals surface area contributed by atoms with Gasteiger partial charge in [0.2, 0.25) is 0 Å². The second-order valence-corrected chi connectivity index (χ2v) is 7.99. The lowest BCUT2D eigenvalue weighted by molar-refractivity contribution is -0.0707. The lowest BCUT2D eigenvalue weighted by atomic mass is 10.00. The van der Waals surface area contributed by atoms with Gasteiger partial charge in [-0.25, -0.2) is 0 Å². The lowest BCUT2D eigenvalue weighted by Gasteiger charge is -2.35. The fourth-order valence-corrected chi connectivity index (χ4v) is 3.97. The van der Waals surface area contributed by atoms with Crippen molar-refractivity contribution in [3.8, 4) is 11.5 Å². The van der Waals surface area contributed by atoms with E-state index in [-0.39, 0.29) is 0 Å². The first-order valence-electron chi connectivity index (χ1n) is 9.85. The Morgan fingerprint density at radius 3 is 1.54 bits per heavy atom. The summed E-state index contributed by atoms with van der Waals surface area (Å²) in [6, 6.07) is 8.58. The van der Waals surface area contributed by atoms with Gasteiger partial charge in [0.15, 0.2) is 0 Å². The van der Waals surface area contributed by atoms with Gasteiger partial charge >= 0.3 is 0 Å². The third-order valence-electron chi connectivity index (χ3n) is 5.19. The summed E-state index contributed by atoms with van der Waals surface area (Å²) in [6.45, 7) is 13.0. The summed E-state index contributed by atoms with van der Waals surface area (Å²) in [4.78, 5) is 0. The fourth-order valence-electron chi connectivity index (χ4n) is 3.97. The second kappa shape index (κ2) is 7.84. The molecule has 1 aliphatic carbocycles. The first kappa shape index (κ1) is 20.2. The number of benzene rings is 2. The van der Waals surface area contributed by atoms with Gasteiger partial charge in [-0.2, -0.15) is 0 Å². The maximum absolute atomic E-state index is 6.60. The predicted octanol–water partition coefficient (Wildman–Crippen LogP) is 5.54. The Labute approximate surface area is 168 Å². The molecule has 28 heavy (non-hydrogen) atoms. The molecule has 3 rings (SSSR count). The SMILES string of the molecule is Cc1cc(C)c(OC2(Oc3c(C)cc(C)cc3C)C=CC(CN)=CC2)c(C)c1. The highest BCUT2D eigenvalue weighted by atomic mass is 16.7. The van der Waals surface area contributed by atoms with Crippen molar-refractivity contribution in [2.45, 2.75) is 53.8 Å². The van der Waals surface area contributed by atoms with Crippen molar-refractivity contribution in [1.29, 1.82) is 0 Å². The highest BCUT2D eigenvalue weighted by Crippen LogP contribution is 2.37. The molecular formula is C25H31NO2. The minimum atomic E-state index is -0.895. The quantitative estimate of drug-likeness (QED) is 0.696. The summed E-state index contributed by atoms with van der Waals surface area (Å²) in [7, 11) is 0. The molecule has 3 nitrogen and oxygen atoms in total. The zero-order valence-electron chi connectivity index (χ0n) is 17.8. The minimum absolute atomic E-state index is 0.512. The third kappa shape index (κ3) is 4.15. The molecule has 0 amide bonds. The molecule has 0 fully saturated rings. The Hall–Kier alpha value is -2.52. The van der Waals surface area contributed by atoms with Gasteiger partial charge in [-0.05, 0) is 69.4 Å². The van der Waals surface area contributed by atoms with Crippen LogP contribution in [0.2, 0.25) is 0 Å². The van der Waals surface area contributed by atoms with Gasteiger partial charge in [-0.15, -0.1) is 0 Å². The Morgan fingerprint density at radius 2 is 1.21 bits per heavy atom. The van der Waals surface area contributed by atoms with E-state index in [1.165, 1.54) is 11.1 Å².